The Hall–Kier alpha value is -3.48. The molecule has 29 heavy (non-hydrogen) atoms. The maximum atomic E-state index is 13.0. The zero-order chi connectivity index (χ0) is 21.0. The van der Waals surface area contributed by atoms with Gasteiger partial charge in [-0.25, -0.2) is 0 Å². The monoisotopic (exact) mass is 397 g/mol. The Labute approximate surface area is 168 Å². The highest BCUT2D eigenvalue weighted by Gasteiger charge is 2.24. The van der Waals surface area contributed by atoms with E-state index < -0.39 is 17.9 Å². The van der Waals surface area contributed by atoms with Gasteiger partial charge in [-0.15, -0.1) is 0 Å². The molecule has 0 fully saturated rings. The lowest BCUT2D eigenvalue weighted by Gasteiger charge is -2.19. The van der Waals surface area contributed by atoms with Gasteiger partial charge in [0.05, 0.1) is 33.8 Å². The molecule has 1 heterocycles. The Bertz CT molecular complexity index is 1040. The first-order valence-electron chi connectivity index (χ1n) is 9.06. The predicted molar refractivity (Wildman–Crippen MR) is 107 cm³/mol. The first-order chi connectivity index (χ1) is 14.0. The van der Waals surface area contributed by atoms with Gasteiger partial charge in [0.15, 0.2) is 17.3 Å². The van der Waals surface area contributed by atoms with Crippen LogP contribution in [-0.4, -0.2) is 33.2 Å². The number of amides is 1. The predicted octanol–water partition coefficient (Wildman–Crippen LogP) is 3.79. The van der Waals surface area contributed by atoms with Crippen molar-refractivity contribution < 1.29 is 28.2 Å². The first kappa shape index (κ1) is 20.3. The molecule has 1 N–H and O–H groups in total. The first-order valence-corrected chi connectivity index (χ1v) is 9.06. The molecule has 1 aromatic heterocycles. The Kier molecular flexibility index (Phi) is 6.07. The molecule has 0 spiro atoms. The minimum Gasteiger partial charge on any atom is -0.493 e. The number of rotatable bonds is 7. The van der Waals surface area contributed by atoms with Crippen LogP contribution < -0.4 is 14.8 Å². The summed E-state index contributed by atoms with van der Waals surface area (Å²) >= 11 is 0. The Morgan fingerprint density at radius 3 is 2.41 bits per heavy atom. The molecule has 152 valence electrons. The van der Waals surface area contributed by atoms with E-state index in [0.717, 1.165) is 10.9 Å². The molecule has 0 radical (unpaired) electrons. The van der Waals surface area contributed by atoms with E-state index in [-0.39, 0.29) is 12.2 Å². The van der Waals surface area contributed by atoms with Gasteiger partial charge in [-0.2, -0.15) is 0 Å². The summed E-state index contributed by atoms with van der Waals surface area (Å²) in [4.78, 5) is 24.9. The van der Waals surface area contributed by atoms with Crippen molar-refractivity contribution in [3.8, 4) is 11.5 Å². The highest BCUT2D eigenvalue weighted by atomic mass is 16.5. The van der Waals surface area contributed by atoms with Crippen molar-refractivity contribution in [3.63, 3.8) is 0 Å². The van der Waals surface area contributed by atoms with Crippen molar-refractivity contribution >= 4 is 22.8 Å². The van der Waals surface area contributed by atoms with Crippen LogP contribution in [0.15, 0.2) is 46.9 Å². The molecule has 0 aliphatic heterocycles. The third-order valence-electron chi connectivity index (χ3n) is 4.76. The maximum absolute atomic E-state index is 13.0. The standard InChI is InChI=1S/C22H23NO6/c1-13-15-7-5-6-8-17(15)29-21(13)22(25)23-16(12-20(24)28-4)14-9-10-18(26-2)19(11-14)27-3/h5-11,16H,12H2,1-4H3,(H,23,25). The van der Waals surface area contributed by atoms with Crippen molar-refractivity contribution in [2.45, 2.75) is 19.4 Å². The number of aryl methyl sites for hydroxylation is 1. The third-order valence-corrected chi connectivity index (χ3v) is 4.76. The highest BCUT2D eigenvalue weighted by molar-refractivity contribution is 5.99. The molecule has 3 rings (SSSR count). The molecule has 3 aromatic rings. The van der Waals surface area contributed by atoms with Crippen LogP contribution in [0.25, 0.3) is 11.0 Å². The molecular formula is C22H23NO6. The number of nitrogens with one attached hydrogen (secondary N) is 1. The van der Waals surface area contributed by atoms with Crippen molar-refractivity contribution in [2.24, 2.45) is 0 Å². The number of ether oxygens (including phenoxy) is 3. The number of hydrogen-bond acceptors (Lipinski definition) is 6. The zero-order valence-electron chi connectivity index (χ0n) is 16.8. The molecular weight excluding hydrogens is 374 g/mol. The van der Waals surface area contributed by atoms with Crippen LogP contribution in [0.2, 0.25) is 0 Å². The molecule has 7 nitrogen and oxygen atoms in total. The van der Waals surface area contributed by atoms with Crippen LogP contribution in [0, 0.1) is 6.92 Å². The number of fused-ring (bicyclic) bond motifs is 1. The topological polar surface area (TPSA) is 87.0 Å². The fourth-order valence-corrected chi connectivity index (χ4v) is 3.19. The molecule has 1 unspecified atom stereocenters. The second-order valence-corrected chi connectivity index (χ2v) is 6.47. The van der Waals surface area contributed by atoms with E-state index in [0.29, 0.717) is 22.6 Å². The molecule has 0 saturated carbocycles. The fraction of sp³-hybridized carbons (Fsp3) is 0.273. The summed E-state index contributed by atoms with van der Waals surface area (Å²) in [5.74, 6) is 0.386. The van der Waals surface area contributed by atoms with Gasteiger partial charge in [-0.3, -0.25) is 9.59 Å². The van der Waals surface area contributed by atoms with E-state index in [9.17, 15) is 9.59 Å². The molecule has 1 atom stereocenters. The van der Waals surface area contributed by atoms with E-state index in [2.05, 4.69) is 5.32 Å². The van der Waals surface area contributed by atoms with Crippen LogP contribution in [0.1, 0.15) is 34.1 Å². The van der Waals surface area contributed by atoms with Gasteiger partial charge in [0.25, 0.3) is 5.91 Å². The third kappa shape index (κ3) is 4.18. The van der Waals surface area contributed by atoms with Gasteiger partial charge in [0, 0.05) is 10.9 Å². The Balaban J connectivity index is 1.93. The second-order valence-electron chi connectivity index (χ2n) is 6.47. The number of carbonyl (C=O) groups excluding carboxylic acids is 2. The average molecular weight is 397 g/mol. The summed E-state index contributed by atoms with van der Waals surface area (Å²) in [5.41, 5.74) is 2.04. The van der Waals surface area contributed by atoms with Gasteiger partial charge in [0.2, 0.25) is 0 Å². The van der Waals surface area contributed by atoms with Crippen LogP contribution in [0.5, 0.6) is 11.5 Å². The lowest BCUT2D eigenvalue weighted by Crippen LogP contribution is -2.30. The average Bonchev–Trinajstić information content (AvgIpc) is 3.09. The van der Waals surface area contributed by atoms with Crippen LogP contribution >= 0.6 is 0 Å². The minimum absolute atomic E-state index is 0.0446. The van der Waals surface area contributed by atoms with Gasteiger partial charge in [0.1, 0.15) is 5.58 Å². The number of hydrogen-bond donors (Lipinski definition) is 1. The minimum atomic E-state index is -0.637. The van der Waals surface area contributed by atoms with E-state index >= 15 is 0 Å². The smallest absolute Gasteiger partial charge is 0.307 e. The molecule has 7 heteroatoms. The summed E-state index contributed by atoms with van der Waals surface area (Å²) in [7, 11) is 4.36. The molecule has 2 aromatic carbocycles. The number of carbonyl (C=O) groups is 2. The van der Waals surface area contributed by atoms with Gasteiger partial charge < -0.3 is 23.9 Å². The van der Waals surface area contributed by atoms with Gasteiger partial charge in [-0.05, 0) is 30.7 Å². The van der Waals surface area contributed by atoms with E-state index in [1.807, 2.05) is 25.1 Å². The molecule has 0 aliphatic carbocycles. The normalized spacial score (nSPS) is 11.7. The van der Waals surface area contributed by atoms with E-state index in [4.69, 9.17) is 18.6 Å². The van der Waals surface area contributed by atoms with Gasteiger partial charge >= 0.3 is 5.97 Å². The number of esters is 1. The Morgan fingerprint density at radius 2 is 1.76 bits per heavy atom. The summed E-state index contributed by atoms with van der Waals surface area (Å²) < 4.78 is 21.1. The number of benzene rings is 2. The number of para-hydroxylation sites is 1. The van der Waals surface area contributed by atoms with Gasteiger partial charge in [-0.1, -0.05) is 24.3 Å². The lowest BCUT2D eigenvalue weighted by atomic mass is 10.0. The number of methoxy groups -OCH3 is 3. The summed E-state index contributed by atoms with van der Waals surface area (Å²) in [6, 6.07) is 12.0. The van der Waals surface area contributed by atoms with Crippen LogP contribution in [0.3, 0.4) is 0 Å². The fourth-order valence-electron chi connectivity index (χ4n) is 3.19. The summed E-state index contributed by atoms with van der Waals surface area (Å²) in [5, 5.41) is 3.74. The van der Waals surface area contributed by atoms with Crippen LogP contribution in [0.4, 0.5) is 0 Å². The maximum Gasteiger partial charge on any atom is 0.307 e. The Morgan fingerprint density at radius 1 is 1.03 bits per heavy atom. The number of furan rings is 1. The molecule has 1 amide bonds. The largest absolute Gasteiger partial charge is 0.493 e. The van der Waals surface area contributed by atoms with Crippen LogP contribution in [-0.2, 0) is 9.53 Å². The quantitative estimate of drug-likeness (QED) is 0.611. The molecule has 0 bridgehead atoms. The second kappa shape index (κ2) is 8.68. The molecule has 0 aliphatic rings. The zero-order valence-corrected chi connectivity index (χ0v) is 16.8. The van der Waals surface area contributed by atoms with Crippen molar-refractivity contribution in [3.05, 3.63) is 59.4 Å². The SMILES string of the molecule is COC(=O)CC(NC(=O)c1oc2ccccc2c1C)c1ccc(OC)c(OC)c1. The lowest BCUT2D eigenvalue weighted by molar-refractivity contribution is -0.141. The van der Waals surface area contributed by atoms with Crippen molar-refractivity contribution in [1.29, 1.82) is 0 Å². The van der Waals surface area contributed by atoms with E-state index in [1.54, 1.807) is 24.3 Å². The van der Waals surface area contributed by atoms with Crippen molar-refractivity contribution in [2.75, 3.05) is 21.3 Å². The highest BCUT2D eigenvalue weighted by Crippen LogP contribution is 2.32. The molecule has 0 saturated heterocycles. The summed E-state index contributed by atoms with van der Waals surface area (Å²) in [6.07, 6.45) is -0.0446. The summed E-state index contributed by atoms with van der Waals surface area (Å²) in [6.45, 7) is 1.83. The van der Waals surface area contributed by atoms with Crippen molar-refractivity contribution in [1.82, 2.24) is 5.32 Å². The van der Waals surface area contributed by atoms with E-state index in [1.165, 1.54) is 21.3 Å².